The summed E-state index contributed by atoms with van der Waals surface area (Å²) in [6, 6.07) is 0. The molecular formula is C77H136O6. The highest BCUT2D eigenvalue weighted by molar-refractivity contribution is 5.71. The summed E-state index contributed by atoms with van der Waals surface area (Å²) in [5, 5.41) is 0. The van der Waals surface area contributed by atoms with Crippen LogP contribution in [0.1, 0.15) is 367 Å². The maximum Gasteiger partial charge on any atom is 0.306 e. The summed E-state index contributed by atoms with van der Waals surface area (Å²) in [7, 11) is 0. The van der Waals surface area contributed by atoms with E-state index in [1.54, 1.807) is 0 Å². The normalized spacial score (nSPS) is 12.6. The molecule has 0 aromatic heterocycles. The third-order valence-corrected chi connectivity index (χ3v) is 15.9. The highest BCUT2D eigenvalue weighted by atomic mass is 16.6. The molecule has 0 aliphatic heterocycles. The number of carbonyl (C=O) groups excluding carboxylic acids is 3. The van der Waals surface area contributed by atoms with Crippen LogP contribution in [0.2, 0.25) is 0 Å². The van der Waals surface area contributed by atoms with Gasteiger partial charge in [0.05, 0.1) is 0 Å². The number of unbranched alkanes of at least 4 members (excludes halogenated alkanes) is 41. The molecule has 0 rings (SSSR count). The summed E-state index contributed by atoms with van der Waals surface area (Å²) in [5.41, 5.74) is 0. The molecule has 6 nitrogen and oxygen atoms in total. The Labute approximate surface area is 515 Å². The lowest BCUT2D eigenvalue weighted by Gasteiger charge is -2.18. The van der Waals surface area contributed by atoms with Crippen LogP contribution in [0.3, 0.4) is 0 Å². The molecule has 0 spiro atoms. The zero-order valence-corrected chi connectivity index (χ0v) is 55.2. The quantitative estimate of drug-likeness (QED) is 0.0261. The molecule has 0 aliphatic rings. The fourth-order valence-electron chi connectivity index (χ4n) is 10.5. The lowest BCUT2D eigenvalue weighted by molar-refractivity contribution is -0.167. The van der Waals surface area contributed by atoms with E-state index in [4.69, 9.17) is 14.2 Å². The van der Waals surface area contributed by atoms with Gasteiger partial charge in [-0.1, -0.05) is 343 Å². The molecule has 0 aromatic carbocycles. The average molecular weight is 1160 g/mol. The SMILES string of the molecule is CC/C=C\C/C=C\C/C=C\C/C=C\C/C=C\CCCCCCCCCCCCCCCCCCCC(=O)OCC(COC(=O)CCCCCCC/C=C\C/C=C\CCCC)OC(=O)CCCCCCCCCCCCCCCCCCCC. The molecule has 6 heteroatoms. The number of allylic oxidation sites excluding steroid dienone is 14. The van der Waals surface area contributed by atoms with Crippen molar-refractivity contribution in [2.45, 2.75) is 374 Å². The van der Waals surface area contributed by atoms with Crippen molar-refractivity contribution in [1.82, 2.24) is 0 Å². The fraction of sp³-hybridized carbons (Fsp3) is 0.779. The summed E-state index contributed by atoms with van der Waals surface area (Å²) >= 11 is 0. The van der Waals surface area contributed by atoms with E-state index >= 15 is 0 Å². The van der Waals surface area contributed by atoms with Gasteiger partial charge >= 0.3 is 17.9 Å². The van der Waals surface area contributed by atoms with Gasteiger partial charge in [0.15, 0.2) is 6.10 Å². The van der Waals surface area contributed by atoms with Crippen molar-refractivity contribution >= 4 is 17.9 Å². The second-order valence-corrected chi connectivity index (χ2v) is 24.1. The number of rotatable bonds is 66. The summed E-state index contributed by atoms with van der Waals surface area (Å²) < 4.78 is 17.0. The van der Waals surface area contributed by atoms with Crippen molar-refractivity contribution in [2.24, 2.45) is 0 Å². The Morgan fingerprint density at radius 3 is 0.771 bits per heavy atom. The van der Waals surface area contributed by atoms with Crippen LogP contribution in [0.25, 0.3) is 0 Å². The first kappa shape index (κ1) is 79.6. The van der Waals surface area contributed by atoms with Crippen molar-refractivity contribution < 1.29 is 28.6 Å². The van der Waals surface area contributed by atoms with Crippen LogP contribution in [0.5, 0.6) is 0 Å². The van der Waals surface area contributed by atoms with E-state index in [2.05, 4.69) is 106 Å². The van der Waals surface area contributed by atoms with Crippen molar-refractivity contribution in [2.75, 3.05) is 13.2 Å². The van der Waals surface area contributed by atoms with Crippen LogP contribution >= 0.6 is 0 Å². The van der Waals surface area contributed by atoms with Crippen molar-refractivity contribution in [3.8, 4) is 0 Å². The Hall–Kier alpha value is -3.41. The van der Waals surface area contributed by atoms with Crippen molar-refractivity contribution in [3.05, 3.63) is 85.1 Å². The molecule has 0 aliphatic carbocycles. The standard InChI is InChI=1S/C77H136O6/c1-4-7-10-13-16-19-22-25-28-30-32-33-34-35-36-37-38-39-40-41-42-43-44-45-46-48-49-52-55-58-61-64-67-70-76(79)82-73-74(72-81-75(78)69-66-63-60-57-54-51-27-24-21-18-15-12-9-6-3)83-77(80)71-68-65-62-59-56-53-50-47-31-29-26-23-20-17-14-11-8-5-2/h7,10,15-16,18-19,24-25,27-28,32-33,35-36,74H,4-6,8-9,11-14,17,20-23,26,29-31,34,37-73H2,1-3H3/b10-7-,18-15-,19-16-,27-24-,28-25-,33-32-,36-35-. The Kier molecular flexibility index (Phi) is 68.2. The summed E-state index contributed by atoms with van der Waals surface area (Å²) in [6.07, 6.45) is 94.8. The van der Waals surface area contributed by atoms with Gasteiger partial charge in [0.25, 0.3) is 0 Å². The van der Waals surface area contributed by atoms with Crippen LogP contribution in [-0.4, -0.2) is 37.2 Å². The molecule has 0 amide bonds. The number of ether oxygens (including phenoxy) is 3. The molecule has 0 aromatic rings. The lowest BCUT2D eigenvalue weighted by atomic mass is 10.0. The van der Waals surface area contributed by atoms with Gasteiger partial charge in [-0.2, -0.15) is 0 Å². The van der Waals surface area contributed by atoms with Crippen molar-refractivity contribution in [3.63, 3.8) is 0 Å². The Morgan fingerprint density at radius 1 is 0.253 bits per heavy atom. The number of hydrogen-bond donors (Lipinski definition) is 0. The van der Waals surface area contributed by atoms with Crippen LogP contribution in [0.4, 0.5) is 0 Å². The van der Waals surface area contributed by atoms with E-state index in [1.165, 1.54) is 218 Å². The lowest BCUT2D eigenvalue weighted by Crippen LogP contribution is -2.30. The second-order valence-electron chi connectivity index (χ2n) is 24.1. The maximum absolute atomic E-state index is 12.9. The Balaban J connectivity index is 4.18. The minimum atomic E-state index is -0.780. The molecule has 0 saturated carbocycles. The van der Waals surface area contributed by atoms with Gasteiger partial charge in [0.2, 0.25) is 0 Å². The summed E-state index contributed by atoms with van der Waals surface area (Å²) in [4.78, 5) is 38.4. The van der Waals surface area contributed by atoms with Crippen molar-refractivity contribution in [1.29, 1.82) is 0 Å². The first-order valence-electron chi connectivity index (χ1n) is 36.1. The average Bonchev–Trinajstić information content (AvgIpc) is 3.49. The Bertz CT molecular complexity index is 1570. The van der Waals surface area contributed by atoms with Crippen LogP contribution < -0.4 is 0 Å². The molecule has 480 valence electrons. The molecule has 0 bridgehead atoms. The molecule has 0 heterocycles. The van der Waals surface area contributed by atoms with Crippen LogP contribution in [0.15, 0.2) is 85.1 Å². The Morgan fingerprint density at radius 2 is 0.482 bits per heavy atom. The topological polar surface area (TPSA) is 78.9 Å². The monoisotopic (exact) mass is 1160 g/mol. The maximum atomic E-state index is 12.9. The minimum absolute atomic E-state index is 0.0754. The number of carbonyl (C=O) groups is 3. The highest BCUT2D eigenvalue weighted by Gasteiger charge is 2.19. The van der Waals surface area contributed by atoms with E-state index in [9.17, 15) is 14.4 Å². The molecule has 1 unspecified atom stereocenters. The van der Waals surface area contributed by atoms with E-state index in [0.717, 1.165) is 109 Å². The third-order valence-electron chi connectivity index (χ3n) is 15.9. The largest absolute Gasteiger partial charge is 0.462 e. The van der Waals surface area contributed by atoms with E-state index in [0.29, 0.717) is 19.3 Å². The first-order valence-corrected chi connectivity index (χ1v) is 36.1. The zero-order chi connectivity index (χ0) is 59.9. The molecule has 83 heavy (non-hydrogen) atoms. The fourth-order valence-corrected chi connectivity index (χ4v) is 10.5. The molecule has 0 N–H and O–H groups in total. The highest BCUT2D eigenvalue weighted by Crippen LogP contribution is 2.18. The number of hydrogen-bond acceptors (Lipinski definition) is 6. The van der Waals surface area contributed by atoms with Gasteiger partial charge in [-0.3, -0.25) is 14.4 Å². The summed E-state index contributed by atoms with van der Waals surface area (Å²) in [6.45, 7) is 6.53. The molecule has 0 saturated heterocycles. The van der Waals surface area contributed by atoms with Gasteiger partial charge in [0, 0.05) is 19.3 Å². The predicted molar refractivity (Wildman–Crippen MR) is 362 cm³/mol. The van der Waals surface area contributed by atoms with E-state index < -0.39 is 6.10 Å². The van der Waals surface area contributed by atoms with Gasteiger partial charge < -0.3 is 14.2 Å². The zero-order valence-electron chi connectivity index (χ0n) is 55.2. The smallest absolute Gasteiger partial charge is 0.306 e. The third kappa shape index (κ3) is 69.3. The van der Waals surface area contributed by atoms with Crippen LogP contribution in [-0.2, 0) is 28.6 Å². The molecule has 0 radical (unpaired) electrons. The van der Waals surface area contributed by atoms with Gasteiger partial charge in [-0.25, -0.2) is 0 Å². The molecular weight excluding hydrogens is 1020 g/mol. The summed E-state index contributed by atoms with van der Waals surface area (Å²) in [5.74, 6) is -0.867. The van der Waals surface area contributed by atoms with Crippen LogP contribution in [0, 0.1) is 0 Å². The minimum Gasteiger partial charge on any atom is -0.462 e. The molecule has 1 atom stereocenters. The first-order chi connectivity index (χ1) is 41.0. The van der Waals surface area contributed by atoms with E-state index in [1.807, 2.05) is 0 Å². The number of esters is 3. The van der Waals surface area contributed by atoms with E-state index in [-0.39, 0.29) is 31.1 Å². The van der Waals surface area contributed by atoms with Gasteiger partial charge in [0.1, 0.15) is 13.2 Å². The van der Waals surface area contributed by atoms with Gasteiger partial charge in [-0.15, -0.1) is 0 Å². The molecule has 0 fully saturated rings. The second kappa shape index (κ2) is 71.1. The predicted octanol–water partition coefficient (Wildman–Crippen LogP) is 25.0. The van der Waals surface area contributed by atoms with Gasteiger partial charge in [-0.05, 0) is 89.9 Å².